The normalized spacial score (nSPS) is 16.4. The minimum atomic E-state index is -0.328. The van der Waals surface area contributed by atoms with Crippen molar-refractivity contribution in [3.05, 3.63) is 34.9 Å². The number of hydrogen-bond acceptors (Lipinski definition) is 6. The first-order valence-corrected chi connectivity index (χ1v) is 9.45. The standard InChI is InChI=1S/C22H25NO6/c1-25-16-10-13-8-15-19-12(6-7-23(15)22(24)29-5)9-18(27-3)21(28-4)20(19)14(13)11-17(16)26-2/h9-11,15H,6-8H2,1-5H3/t15-/m0/s1. The third-order valence-electron chi connectivity index (χ3n) is 5.83. The van der Waals surface area contributed by atoms with Gasteiger partial charge in [0.25, 0.3) is 0 Å². The van der Waals surface area contributed by atoms with Gasteiger partial charge < -0.3 is 28.6 Å². The third kappa shape index (κ3) is 2.84. The van der Waals surface area contributed by atoms with E-state index in [-0.39, 0.29) is 12.1 Å². The van der Waals surface area contributed by atoms with Gasteiger partial charge >= 0.3 is 6.09 Å². The zero-order valence-corrected chi connectivity index (χ0v) is 17.3. The van der Waals surface area contributed by atoms with Crippen LogP contribution in [0.25, 0.3) is 11.1 Å². The Kier molecular flexibility index (Phi) is 4.90. The van der Waals surface area contributed by atoms with Crippen molar-refractivity contribution in [1.82, 2.24) is 4.90 Å². The first-order chi connectivity index (χ1) is 14.1. The minimum Gasteiger partial charge on any atom is -0.493 e. The van der Waals surface area contributed by atoms with Gasteiger partial charge in [0.1, 0.15) is 0 Å². The average Bonchev–Trinajstić information content (AvgIpc) is 2.77. The summed E-state index contributed by atoms with van der Waals surface area (Å²) >= 11 is 0. The molecule has 2 aromatic rings. The molecule has 0 fully saturated rings. The maximum atomic E-state index is 12.5. The van der Waals surface area contributed by atoms with E-state index in [2.05, 4.69) is 0 Å². The Morgan fingerprint density at radius 1 is 0.897 bits per heavy atom. The number of amides is 1. The lowest BCUT2D eigenvalue weighted by Gasteiger charge is -2.41. The summed E-state index contributed by atoms with van der Waals surface area (Å²) in [4.78, 5) is 14.3. The van der Waals surface area contributed by atoms with Gasteiger partial charge in [-0.1, -0.05) is 0 Å². The Balaban J connectivity index is 2.04. The SMILES string of the molecule is COC(=O)N1CCc2cc(OC)c(OC)c3c2[C@@H]1Cc1cc(OC)c(OC)cc1-3. The van der Waals surface area contributed by atoms with Crippen molar-refractivity contribution in [2.75, 3.05) is 42.1 Å². The molecule has 0 saturated carbocycles. The van der Waals surface area contributed by atoms with Gasteiger partial charge in [0, 0.05) is 12.1 Å². The summed E-state index contributed by atoms with van der Waals surface area (Å²) in [6.07, 6.45) is 1.04. The van der Waals surface area contributed by atoms with Crippen LogP contribution < -0.4 is 18.9 Å². The molecule has 1 aliphatic carbocycles. The van der Waals surface area contributed by atoms with Gasteiger partial charge in [-0.25, -0.2) is 4.79 Å². The van der Waals surface area contributed by atoms with Crippen LogP contribution in [0.3, 0.4) is 0 Å². The second-order valence-corrected chi connectivity index (χ2v) is 7.06. The molecule has 1 amide bonds. The highest BCUT2D eigenvalue weighted by molar-refractivity contribution is 5.86. The lowest BCUT2D eigenvalue weighted by atomic mass is 9.76. The van der Waals surface area contributed by atoms with Gasteiger partial charge in [-0.15, -0.1) is 0 Å². The molecule has 0 radical (unpaired) electrons. The largest absolute Gasteiger partial charge is 0.493 e. The molecule has 1 atom stereocenters. The highest BCUT2D eigenvalue weighted by Crippen LogP contribution is 2.54. The molecular weight excluding hydrogens is 374 g/mol. The van der Waals surface area contributed by atoms with Crippen molar-refractivity contribution < 1.29 is 28.5 Å². The number of ether oxygens (including phenoxy) is 5. The molecule has 7 heteroatoms. The first kappa shape index (κ1) is 19.2. The molecule has 7 nitrogen and oxygen atoms in total. The van der Waals surface area contributed by atoms with E-state index in [0.29, 0.717) is 36.0 Å². The van der Waals surface area contributed by atoms with Crippen molar-refractivity contribution in [1.29, 1.82) is 0 Å². The Bertz CT molecular complexity index is 971. The summed E-state index contributed by atoms with van der Waals surface area (Å²) in [6.45, 7) is 0.585. The summed E-state index contributed by atoms with van der Waals surface area (Å²) in [5.41, 5.74) is 5.22. The Morgan fingerprint density at radius 2 is 1.55 bits per heavy atom. The number of fused-ring (bicyclic) bond motifs is 2. The second kappa shape index (κ2) is 7.39. The predicted octanol–water partition coefficient (Wildman–Crippen LogP) is 3.61. The molecule has 0 unspecified atom stereocenters. The maximum absolute atomic E-state index is 12.5. The van der Waals surface area contributed by atoms with Crippen LogP contribution in [0.2, 0.25) is 0 Å². The smallest absolute Gasteiger partial charge is 0.410 e. The van der Waals surface area contributed by atoms with Gasteiger partial charge in [0.2, 0.25) is 0 Å². The highest BCUT2D eigenvalue weighted by Gasteiger charge is 2.40. The predicted molar refractivity (Wildman–Crippen MR) is 107 cm³/mol. The zero-order valence-electron chi connectivity index (χ0n) is 17.3. The molecule has 2 aliphatic rings. The Morgan fingerprint density at radius 3 is 2.17 bits per heavy atom. The van der Waals surface area contributed by atoms with E-state index in [1.54, 1.807) is 33.3 Å². The van der Waals surface area contributed by atoms with E-state index in [9.17, 15) is 4.79 Å². The lowest BCUT2D eigenvalue weighted by molar-refractivity contribution is 0.100. The van der Waals surface area contributed by atoms with Crippen LogP contribution in [0.1, 0.15) is 22.7 Å². The van der Waals surface area contributed by atoms with Gasteiger partial charge in [-0.3, -0.25) is 0 Å². The number of benzene rings is 2. The minimum absolute atomic E-state index is 0.147. The Labute approximate surface area is 170 Å². The van der Waals surface area contributed by atoms with Crippen LogP contribution in [-0.4, -0.2) is 53.1 Å². The summed E-state index contributed by atoms with van der Waals surface area (Å²) in [5, 5.41) is 0. The zero-order chi connectivity index (χ0) is 20.7. The summed E-state index contributed by atoms with van der Waals surface area (Å²) in [5.74, 6) is 2.62. The van der Waals surface area contributed by atoms with Crippen LogP contribution in [0.4, 0.5) is 4.79 Å². The van der Waals surface area contributed by atoms with E-state index >= 15 is 0 Å². The molecular formula is C22H25NO6. The second-order valence-electron chi connectivity index (χ2n) is 7.06. The molecule has 0 spiro atoms. The van der Waals surface area contributed by atoms with Crippen LogP contribution in [0, 0.1) is 0 Å². The summed E-state index contributed by atoms with van der Waals surface area (Å²) in [6, 6.07) is 5.82. The van der Waals surface area contributed by atoms with Gasteiger partial charge in [-0.05, 0) is 53.3 Å². The van der Waals surface area contributed by atoms with E-state index < -0.39 is 0 Å². The summed E-state index contributed by atoms with van der Waals surface area (Å²) < 4.78 is 27.5. The molecule has 154 valence electrons. The monoisotopic (exact) mass is 399 g/mol. The van der Waals surface area contributed by atoms with Crippen molar-refractivity contribution in [3.8, 4) is 34.1 Å². The van der Waals surface area contributed by atoms with E-state index in [0.717, 1.165) is 34.2 Å². The van der Waals surface area contributed by atoms with Crippen molar-refractivity contribution >= 4 is 6.09 Å². The third-order valence-corrected chi connectivity index (χ3v) is 5.83. The molecule has 1 heterocycles. The number of carbonyl (C=O) groups excluding carboxylic acids is 1. The fourth-order valence-electron chi connectivity index (χ4n) is 4.55. The van der Waals surface area contributed by atoms with Crippen LogP contribution in [0.15, 0.2) is 18.2 Å². The van der Waals surface area contributed by atoms with E-state index in [1.807, 2.05) is 18.2 Å². The molecule has 0 aromatic heterocycles. The van der Waals surface area contributed by atoms with Gasteiger partial charge in [0.15, 0.2) is 23.0 Å². The van der Waals surface area contributed by atoms with Crippen molar-refractivity contribution in [2.24, 2.45) is 0 Å². The number of rotatable bonds is 4. The van der Waals surface area contributed by atoms with Crippen LogP contribution in [-0.2, 0) is 17.6 Å². The topological polar surface area (TPSA) is 66.5 Å². The molecule has 2 aromatic carbocycles. The van der Waals surface area contributed by atoms with Gasteiger partial charge in [0.05, 0.1) is 41.6 Å². The maximum Gasteiger partial charge on any atom is 0.410 e. The lowest BCUT2D eigenvalue weighted by Crippen LogP contribution is -2.42. The number of hydrogen-bond donors (Lipinski definition) is 0. The quantitative estimate of drug-likeness (QED) is 0.783. The fourth-order valence-corrected chi connectivity index (χ4v) is 4.55. The van der Waals surface area contributed by atoms with E-state index in [1.165, 1.54) is 7.11 Å². The number of methoxy groups -OCH3 is 5. The molecule has 0 bridgehead atoms. The summed E-state index contributed by atoms with van der Waals surface area (Å²) in [7, 11) is 7.91. The van der Waals surface area contributed by atoms with E-state index in [4.69, 9.17) is 23.7 Å². The van der Waals surface area contributed by atoms with Crippen LogP contribution >= 0.6 is 0 Å². The molecule has 0 N–H and O–H groups in total. The van der Waals surface area contributed by atoms with Crippen molar-refractivity contribution in [3.63, 3.8) is 0 Å². The fraction of sp³-hybridized carbons (Fsp3) is 0.409. The first-order valence-electron chi connectivity index (χ1n) is 9.45. The molecule has 29 heavy (non-hydrogen) atoms. The van der Waals surface area contributed by atoms with Gasteiger partial charge in [-0.2, -0.15) is 0 Å². The Hall–Kier alpha value is -3.09. The van der Waals surface area contributed by atoms with Crippen molar-refractivity contribution in [2.45, 2.75) is 18.9 Å². The van der Waals surface area contributed by atoms with Crippen LogP contribution in [0.5, 0.6) is 23.0 Å². The molecule has 0 saturated heterocycles. The number of carbonyl (C=O) groups is 1. The highest BCUT2D eigenvalue weighted by atomic mass is 16.5. The molecule has 4 rings (SSSR count). The average molecular weight is 399 g/mol. The molecule has 1 aliphatic heterocycles. The number of nitrogens with zero attached hydrogens (tertiary/aromatic N) is 1.